The Morgan fingerprint density at radius 3 is 2.59 bits per heavy atom. The van der Waals surface area contributed by atoms with Gasteiger partial charge in [0, 0.05) is 0 Å². The molecule has 1 N–H and O–H groups in total. The predicted octanol–water partition coefficient (Wildman–Crippen LogP) is 5.52. The molecule has 0 radical (unpaired) electrons. The SMILES string of the molecule is CCOc1ccccc1NC(=O)C(C)Sc1nc2ccccc2c(=O)n1-c1cccc(C)c1C. The quantitative estimate of drug-likeness (QED) is 0.283. The van der Waals surface area contributed by atoms with Crippen LogP contribution in [0, 0.1) is 13.8 Å². The molecule has 174 valence electrons. The van der Waals surface area contributed by atoms with Crippen LogP contribution in [0.5, 0.6) is 5.75 Å². The molecule has 3 aromatic carbocycles. The third-order valence-corrected chi connectivity index (χ3v) is 6.71. The van der Waals surface area contributed by atoms with E-state index in [1.807, 2.05) is 75.4 Å². The minimum atomic E-state index is -0.515. The molecule has 0 saturated carbocycles. The number of fused-ring (bicyclic) bond motifs is 1. The minimum Gasteiger partial charge on any atom is -0.492 e. The van der Waals surface area contributed by atoms with Crippen LogP contribution in [0.25, 0.3) is 16.6 Å². The standard InChI is InChI=1S/C27H27N3O3S/c1-5-33-24-16-9-8-14-22(24)28-25(31)19(4)34-27-29-21-13-7-6-12-20(21)26(32)30(27)23-15-10-11-17(2)18(23)3/h6-16,19H,5H2,1-4H3,(H,28,31). The van der Waals surface area contributed by atoms with Gasteiger partial charge in [-0.15, -0.1) is 0 Å². The summed E-state index contributed by atoms with van der Waals surface area (Å²) in [7, 11) is 0. The fourth-order valence-electron chi connectivity index (χ4n) is 3.68. The Hall–Kier alpha value is -3.58. The van der Waals surface area contributed by atoms with Gasteiger partial charge in [-0.1, -0.05) is 48.2 Å². The van der Waals surface area contributed by atoms with Crippen molar-refractivity contribution in [2.24, 2.45) is 0 Å². The first kappa shape index (κ1) is 23.6. The molecular weight excluding hydrogens is 446 g/mol. The van der Waals surface area contributed by atoms with Crippen molar-refractivity contribution in [3.05, 3.63) is 88.2 Å². The van der Waals surface area contributed by atoms with E-state index in [4.69, 9.17) is 9.72 Å². The fourth-order valence-corrected chi connectivity index (χ4v) is 4.60. The molecule has 1 amide bonds. The topological polar surface area (TPSA) is 73.2 Å². The lowest BCUT2D eigenvalue weighted by atomic mass is 10.1. The number of thioether (sulfide) groups is 1. The van der Waals surface area contributed by atoms with Crippen molar-refractivity contribution < 1.29 is 9.53 Å². The summed E-state index contributed by atoms with van der Waals surface area (Å²) >= 11 is 1.25. The maximum atomic E-state index is 13.6. The first-order valence-corrected chi connectivity index (χ1v) is 12.1. The molecule has 0 aliphatic rings. The van der Waals surface area contributed by atoms with Crippen LogP contribution < -0.4 is 15.6 Å². The van der Waals surface area contributed by atoms with Gasteiger partial charge in [-0.25, -0.2) is 4.98 Å². The molecule has 1 atom stereocenters. The smallest absolute Gasteiger partial charge is 0.266 e. The number of para-hydroxylation sites is 3. The minimum absolute atomic E-state index is 0.156. The number of hydrogen-bond donors (Lipinski definition) is 1. The van der Waals surface area contributed by atoms with E-state index in [1.54, 1.807) is 23.6 Å². The van der Waals surface area contributed by atoms with E-state index in [0.29, 0.717) is 34.1 Å². The van der Waals surface area contributed by atoms with Gasteiger partial charge in [0.15, 0.2) is 5.16 Å². The van der Waals surface area contributed by atoms with Gasteiger partial charge in [0.05, 0.1) is 34.1 Å². The Morgan fingerprint density at radius 2 is 1.79 bits per heavy atom. The van der Waals surface area contributed by atoms with Crippen molar-refractivity contribution in [2.45, 2.75) is 38.1 Å². The molecule has 4 rings (SSSR count). The van der Waals surface area contributed by atoms with E-state index >= 15 is 0 Å². The number of nitrogens with one attached hydrogen (secondary N) is 1. The average Bonchev–Trinajstić information content (AvgIpc) is 2.83. The van der Waals surface area contributed by atoms with Crippen LogP contribution in [0.4, 0.5) is 5.69 Å². The largest absolute Gasteiger partial charge is 0.492 e. The van der Waals surface area contributed by atoms with Gasteiger partial charge in [0.1, 0.15) is 5.75 Å². The number of hydrogen-bond acceptors (Lipinski definition) is 5. The van der Waals surface area contributed by atoms with Crippen LogP contribution >= 0.6 is 11.8 Å². The second-order valence-corrected chi connectivity index (χ2v) is 9.26. The van der Waals surface area contributed by atoms with Crippen LogP contribution in [-0.4, -0.2) is 27.3 Å². The van der Waals surface area contributed by atoms with E-state index in [-0.39, 0.29) is 11.5 Å². The third kappa shape index (κ3) is 4.70. The lowest BCUT2D eigenvalue weighted by molar-refractivity contribution is -0.115. The molecule has 1 heterocycles. The molecule has 0 fully saturated rings. The number of nitrogens with zero attached hydrogens (tertiary/aromatic N) is 2. The monoisotopic (exact) mass is 473 g/mol. The molecule has 0 bridgehead atoms. The summed E-state index contributed by atoms with van der Waals surface area (Å²) in [6.07, 6.45) is 0. The third-order valence-electron chi connectivity index (χ3n) is 5.66. The Bertz CT molecular complexity index is 1410. The van der Waals surface area contributed by atoms with Crippen molar-refractivity contribution >= 4 is 34.3 Å². The highest BCUT2D eigenvalue weighted by atomic mass is 32.2. The summed E-state index contributed by atoms with van der Waals surface area (Å²) in [5, 5.41) is 3.44. The fraction of sp³-hybridized carbons (Fsp3) is 0.222. The first-order chi connectivity index (χ1) is 16.4. The predicted molar refractivity (Wildman–Crippen MR) is 138 cm³/mol. The van der Waals surface area contributed by atoms with Crippen molar-refractivity contribution in [2.75, 3.05) is 11.9 Å². The average molecular weight is 474 g/mol. The molecule has 1 unspecified atom stereocenters. The summed E-state index contributed by atoms with van der Waals surface area (Å²) < 4.78 is 7.24. The number of aryl methyl sites for hydroxylation is 1. The summed E-state index contributed by atoms with van der Waals surface area (Å²) in [4.78, 5) is 31.4. The van der Waals surface area contributed by atoms with Gasteiger partial charge in [-0.3, -0.25) is 14.2 Å². The maximum Gasteiger partial charge on any atom is 0.266 e. The van der Waals surface area contributed by atoms with Gasteiger partial charge in [0.2, 0.25) is 5.91 Å². The molecule has 0 aliphatic carbocycles. The number of rotatable bonds is 7. The van der Waals surface area contributed by atoms with E-state index in [9.17, 15) is 9.59 Å². The van der Waals surface area contributed by atoms with Crippen molar-refractivity contribution in [3.63, 3.8) is 0 Å². The Morgan fingerprint density at radius 1 is 1.06 bits per heavy atom. The molecule has 0 saturated heterocycles. The van der Waals surface area contributed by atoms with Crippen LogP contribution in [0.3, 0.4) is 0 Å². The molecule has 7 heteroatoms. The van der Waals surface area contributed by atoms with Gasteiger partial charge in [-0.05, 0) is 69.2 Å². The highest BCUT2D eigenvalue weighted by molar-refractivity contribution is 8.00. The molecular formula is C27H27N3O3S. The summed E-state index contributed by atoms with van der Waals surface area (Å²) in [6.45, 7) is 8.20. The van der Waals surface area contributed by atoms with Crippen LogP contribution in [0.15, 0.2) is 76.7 Å². The highest BCUT2D eigenvalue weighted by Gasteiger charge is 2.22. The maximum absolute atomic E-state index is 13.6. The number of anilines is 1. The zero-order valence-corrected chi connectivity index (χ0v) is 20.5. The molecule has 6 nitrogen and oxygen atoms in total. The molecule has 34 heavy (non-hydrogen) atoms. The van der Waals surface area contributed by atoms with Crippen LogP contribution in [-0.2, 0) is 4.79 Å². The Labute approximate surface area is 203 Å². The van der Waals surface area contributed by atoms with Crippen molar-refractivity contribution in [3.8, 4) is 11.4 Å². The van der Waals surface area contributed by atoms with Crippen molar-refractivity contribution in [1.82, 2.24) is 9.55 Å². The molecule has 1 aromatic heterocycles. The molecule has 0 spiro atoms. The van der Waals surface area contributed by atoms with Gasteiger partial charge >= 0.3 is 0 Å². The summed E-state index contributed by atoms with van der Waals surface area (Å²) in [5.41, 5.74) is 3.89. The van der Waals surface area contributed by atoms with Crippen molar-refractivity contribution in [1.29, 1.82) is 0 Å². The van der Waals surface area contributed by atoms with E-state index in [1.165, 1.54) is 11.8 Å². The summed E-state index contributed by atoms with van der Waals surface area (Å²) in [6, 6.07) is 20.5. The van der Waals surface area contributed by atoms with Gasteiger partial charge in [-0.2, -0.15) is 0 Å². The first-order valence-electron chi connectivity index (χ1n) is 11.2. The van der Waals surface area contributed by atoms with E-state index < -0.39 is 5.25 Å². The number of aromatic nitrogens is 2. The summed E-state index contributed by atoms with van der Waals surface area (Å²) in [5.74, 6) is 0.416. The number of ether oxygens (including phenoxy) is 1. The number of carbonyl (C=O) groups excluding carboxylic acids is 1. The van der Waals surface area contributed by atoms with E-state index in [0.717, 1.165) is 16.8 Å². The number of benzene rings is 3. The number of amides is 1. The number of carbonyl (C=O) groups is 1. The lowest BCUT2D eigenvalue weighted by Crippen LogP contribution is -2.26. The van der Waals surface area contributed by atoms with Gasteiger partial charge < -0.3 is 10.1 Å². The van der Waals surface area contributed by atoms with Gasteiger partial charge in [0.25, 0.3) is 5.56 Å². The molecule has 0 aliphatic heterocycles. The second kappa shape index (κ2) is 10.1. The zero-order valence-electron chi connectivity index (χ0n) is 19.7. The lowest BCUT2D eigenvalue weighted by Gasteiger charge is -2.19. The normalized spacial score (nSPS) is 11.9. The van der Waals surface area contributed by atoms with Crippen LogP contribution in [0.2, 0.25) is 0 Å². The van der Waals surface area contributed by atoms with E-state index in [2.05, 4.69) is 5.32 Å². The Kier molecular flexibility index (Phi) is 7.03. The van der Waals surface area contributed by atoms with Crippen LogP contribution in [0.1, 0.15) is 25.0 Å². The molecule has 4 aromatic rings. The Balaban J connectivity index is 1.73. The highest BCUT2D eigenvalue weighted by Crippen LogP contribution is 2.29. The zero-order chi connectivity index (χ0) is 24.2. The second-order valence-electron chi connectivity index (χ2n) is 7.95.